The van der Waals surface area contributed by atoms with Crippen LogP contribution in [0.3, 0.4) is 0 Å². The first kappa shape index (κ1) is 33.7. The monoisotopic (exact) mass is 753 g/mol. The van der Waals surface area contributed by atoms with Gasteiger partial charge in [-0.3, -0.25) is 0 Å². The van der Waals surface area contributed by atoms with Crippen LogP contribution in [-0.2, 0) is 10.8 Å². The number of hydrogen-bond acceptors (Lipinski definition) is 2. The van der Waals surface area contributed by atoms with Crippen molar-refractivity contribution >= 4 is 21.8 Å². The van der Waals surface area contributed by atoms with Crippen molar-refractivity contribution in [3.63, 3.8) is 0 Å². The molecule has 0 atom stereocenters. The molecule has 0 saturated carbocycles. The van der Waals surface area contributed by atoms with Gasteiger partial charge in [-0.2, -0.15) is 0 Å². The molecule has 2 aromatic heterocycles. The molecule has 12 rings (SSSR count). The van der Waals surface area contributed by atoms with Crippen molar-refractivity contribution < 1.29 is 0 Å². The SMILES string of the molecule is CC1(C)c2ccccc2C2(c3ccccc3-c3ccc(-c4cc(-c5ccccc5)nc(-c5ccc(-n6c7ccccc7c7ccccc76)cc5)n4)cc32)c2ccccc21. The normalized spacial score (nSPS) is 14.2. The molecule has 10 aromatic rings. The van der Waals surface area contributed by atoms with Gasteiger partial charge in [0.05, 0.1) is 27.8 Å². The van der Waals surface area contributed by atoms with Crippen LogP contribution in [0.25, 0.3) is 72.5 Å². The lowest BCUT2D eigenvalue weighted by atomic mass is 9.55. The minimum atomic E-state index is -0.481. The smallest absolute Gasteiger partial charge is 0.160 e. The molecular weight excluding hydrogens is 715 g/mol. The Kier molecular flexibility index (Phi) is 7.19. The summed E-state index contributed by atoms with van der Waals surface area (Å²) in [5, 5.41) is 2.50. The average Bonchev–Trinajstić information content (AvgIpc) is 3.79. The summed E-state index contributed by atoms with van der Waals surface area (Å²) in [6, 6.07) is 72.9. The summed E-state index contributed by atoms with van der Waals surface area (Å²) in [5.74, 6) is 0.698. The average molecular weight is 754 g/mol. The summed E-state index contributed by atoms with van der Waals surface area (Å²) in [5.41, 5.74) is 18.3. The summed E-state index contributed by atoms with van der Waals surface area (Å²) >= 11 is 0. The molecule has 1 spiro atoms. The second-order valence-electron chi connectivity index (χ2n) is 16.5. The van der Waals surface area contributed by atoms with Crippen molar-refractivity contribution in [3.05, 3.63) is 234 Å². The van der Waals surface area contributed by atoms with E-state index in [1.165, 1.54) is 66.3 Å². The lowest BCUT2D eigenvalue weighted by molar-refractivity contribution is 0.563. The van der Waals surface area contributed by atoms with Gasteiger partial charge in [-0.05, 0) is 93.0 Å². The van der Waals surface area contributed by atoms with Gasteiger partial charge in [0.2, 0.25) is 0 Å². The molecule has 0 amide bonds. The Labute approximate surface area is 344 Å². The van der Waals surface area contributed by atoms with Crippen molar-refractivity contribution in [2.24, 2.45) is 0 Å². The Balaban J connectivity index is 1.05. The van der Waals surface area contributed by atoms with E-state index in [1.807, 2.05) is 0 Å². The number of benzene rings is 8. The zero-order chi connectivity index (χ0) is 39.3. The maximum absolute atomic E-state index is 5.39. The van der Waals surface area contributed by atoms with E-state index in [1.54, 1.807) is 0 Å². The first-order valence-corrected chi connectivity index (χ1v) is 20.5. The zero-order valence-corrected chi connectivity index (χ0v) is 32.9. The molecule has 278 valence electrons. The molecule has 0 unspecified atom stereocenters. The Morgan fingerprint density at radius 3 is 1.51 bits per heavy atom. The molecule has 0 aliphatic heterocycles. The number of fused-ring (bicyclic) bond motifs is 12. The van der Waals surface area contributed by atoms with Crippen LogP contribution in [0.4, 0.5) is 0 Å². The molecule has 3 nitrogen and oxygen atoms in total. The van der Waals surface area contributed by atoms with Gasteiger partial charge in [0.15, 0.2) is 5.82 Å². The van der Waals surface area contributed by atoms with Crippen LogP contribution < -0.4 is 0 Å². The third-order valence-electron chi connectivity index (χ3n) is 13.1. The Morgan fingerprint density at radius 2 is 0.864 bits per heavy atom. The lowest BCUT2D eigenvalue weighted by Crippen LogP contribution is -2.40. The molecule has 2 aliphatic carbocycles. The number of hydrogen-bond donors (Lipinski definition) is 0. The Morgan fingerprint density at radius 1 is 0.373 bits per heavy atom. The van der Waals surface area contributed by atoms with Gasteiger partial charge in [-0.1, -0.05) is 166 Å². The van der Waals surface area contributed by atoms with Crippen LogP contribution in [-0.4, -0.2) is 14.5 Å². The zero-order valence-electron chi connectivity index (χ0n) is 32.9. The first-order chi connectivity index (χ1) is 29.0. The third kappa shape index (κ3) is 4.76. The van der Waals surface area contributed by atoms with E-state index in [0.717, 1.165) is 33.8 Å². The van der Waals surface area contributed by atoms with Crippen molar-refractivity contribution in [1.29, 1.82) is 0 Å². The van der Waals surface area contributed by atoms with Crippen molar-refractivity contribution in [2.45, 2.75) is 24.7 Å². The van der Waals surface area contributed by atoms with E-state index in [4.69, 9.17) is 9.97 Å². The number of aromatic nitrogens is 3. The quantitative estimate of drug-likeness (QED) is 0.179. The second-order valence-corrected chi connectivity index (χ2v) is 16.5. The van der Waals surface area contributed by atoms with Crippen LogP contribution in [0.5, 0.6) is 0 Å². The highest BCUT2D eigenvalue weighted by molar-refractivity contribution is 6.09. The van der Waals surface area contributed by atoms with Gasteiger partial charge < -0.3 is 4.57 Å². The van der Waals surface area contributed by atoms with E-state index < -0.39 is 5.41 Å². The maximum Gasteiger partial charge on any atom is 0.160 e. The lowest BCUT2D eigenvalue weighted by Gasteiger charge is -2.46. The van der Waals surface area contributed by atoms with Gasteiger partial charge in [-0.25, -0.2) is 9.97 Å². The van der Waals surface area contributed by atoms with Gasteiger partial charge in [0.1, 0.15) is 0 Å². The van der Waals surface area contributed by atoms with E-state index >= 15 is 0 Å². The molecule has 0 radical (unpaired) electrons. The highest BCUT2D eigenvalue weighted by Crippen LogP contribution is 2.62. The summed E-state index contributed by atoms with van der Waals surface area (Å²) in [4.78, 5) is 10.6. The fourth-order valence-corrected chi connectivity index (χ4v) is 10.5. The van der Waals surface area contributed by atoms with Crippen molar-refractivity contribution in [2.75, 3.05) is 0 Å². The van der Waals surface area contributed by atoms with Gasteiger partial charge in [0.25, 0.3) is 0 Å². The molecule has 59 heavy (non-hydrogen) atoms. The predicted molar refractivity (Wildman–Crippen MR) is 242 cm³/mol. The summed E-state index contributed by atoms with van der Waals surface area (Å²) in [6.45, 7) is 4.75. The summed E-state index contributed by atoms with van der Waals surface area (Å²) < 4.78 is 2.35. The van der Waals surface area contributed by atoms with Gasteiger partial charge >= 0.3 is 0 Å². The minimum absolute atomic E-state index is 0.156. The molecular formula is C56H39N3. The molecule has 0 saturated heterocycles. The van der Waals surface area contributed by atoms with Crippen molar-refractivity contribution in [3.8, 4) is 50.7 Å². The van der Waals surface area contributed by atoms with Gasteiger partial charge in [-0.15, -0.1) is 0 Å². The fourth-order valence-electron chi connectivity index (χ4n) is 10.5. The summed E-state index contributed by atoms with van der Waals surface area (Å²) in [7, 11) is 0. The standard InChI is InChI=1S/C56H39N3/c1-55(2)45-22-10-12-24-47(45)56(48-25-13-11-23-46(48)55)44-21-9-6-18-40(44)41-33-30-38(34-49(41)56)51-35-50(36-16-4-3-5-17-36)57-54(58-51)37-28-31-39(32-29-37)59-52-26-14-7-19-42(52)43-20-8-15-27-53(43)59/h3-35H,1-2H3. The van der Waals surface area contributed by atoms with E-state index in [-0.39, 0.29) is 5.41 Å². The summed E-state index contributed by atoms with van der Waals surface area (Å²) in [6.07, 6.45) is 0. The van der Waals surface area contributed by atoms with Crippen LogP contribution in [0.15, 0.2) is 200 Å². The Bertz CT molecular complexity index is 3190. The second kappa shape index (κ2) is 12.6. The molecule has 2 aliphatic rings. The molecule has 0 fully saturated rings. The van der Waals surface area contributed by atoms with Crippen LogP contribution in [0.1, 0.15) is 47.2 Å². The topological polar surface area (TPSA) is 30.7 Å². The number of nitrogens with zero attached hydrogens (tertiary/aromatic N) is 3. The molecule has 8 aromatic carbocycles. The van der Waals surface area contributed by atoms with Crippen LogP contribution >= 0.6 is 0 Å². The minimum Gasteiger partial charge on any atom is -0.309 e. The predicted octanol–water partition coefficient (Wildman–Crippen LogP) is 13.6. The van der Waals surface area contributed by atoms with Crippen LogP contribution in [0, 0.1) is 0 Å². The highest BCUT2D eigenvalue weighted by Gasteiger charge is 2.53. The van der Waals surface area contributed by atoms with Gasteiger partial charge in [0, 0.05) is 38.6 Å². The molecule has 3 heteroatoms. The Hall–Kier alpha value is -7.36. The number of para-hydroxylation sites is 2. The largest absolute Gasteiger partial charge is 0.309 e. The number of rotatable bonds is 4. The fraction of sp³-hybridized carbons (Fsp3) is 0.0714. The van der Waals surface area contributed by atoms with E-state index in [9.17, 15) is 0 Å². The highest BCUT2D eigenvalue weighted by atomic mass is 15.0. The first-order valence-electron chi connectivity index (χ1n) is 20.5. The molecule has 0 bridgehead atoms. The van der Waals surface area contributed by atoms with E-state index in [0.29, 0.717) is 5.82 Å². The van der Waals surface area contributed by atoms with Crippen LogP contribution in [0.2, 0.25) is 0 Å². The third-order valence-corrected chi connectivity index (χ3v) is 13.1. The molecule has 2 heterocycles. The maximum atomic E-state index is 5.39. The molecule has 0 N–H and O–H groups in total. The van der Waals surface area contributed by atoms with E-state index in [2.05, 4.69) is 219 Å². The van der Waals surface area contributed by atoms with Crippen molar-refractivity contribution in [1.82, 2.24) is 14.5 Å².